The molecule has 1 saturated carbocycles. The van der Waals surface area contributed by atoms with Crippen molar-refractivity contribution in [2.75, 3.05) is 0 Å². The SMILES string of the molecule is CC(CC(O)c1ccccc1)NC(=O)C1CC2CCCCC2N1.Cl. The van der Waals surface area contributed by atoms with E-state index in [1.165, 1.54) is 25.7 Å². The highest BCUT2D eigenvalue weighted by Crippen LogP contribution is 2.33. The normalized spacial score (nSPS) is 28.3. The van der Waals surface area contributed by atoms with E-state index >= 15 is 0 Å². The molecule has 3 rings (SSSR count). The number of hydrogen-bond acceptors (Lipinski definition) is 3. The van der Waals surface area contributed by atoms with E-state index in [-0.39, 0.29) is 30.4 Å². The van der Waals surface area contributed by atoms with Gasteiger partial charge in [-0.2, -0.15) is 0 Å². The van der Waals surface area contributed by atoms with Crippen LogP contribution >= 0.6 is 12.4 Å². The van der Waals surface area contributed by atoms with E-state index in [0.29, 0.717) is 18.4 Å². The molecular formula is C19H29ClN2O2. The molecule has 0 bridgehead atoms. The second kappa shape index (κ2) is 8.84. The van der Waals surface area contributed by atoms with Crippen LogP contribution in [0.1, 0.15) is 57.1 Å². The topological polar surface area (TPSA) is 61.4 Å². The van der Waals surface area contributed by atoms with Crippen LogP contribution in [0.4, 0.5) is 0 Å². The lowest BCUT2D eigenvalue weighted by molar-refractivity contribution is -0.123. The molecule has 0 radical (unpaired) electrons. The molecule has 2 fully saturated rings. The van der Waals surface area contributed by atoms with Crippen molar-refractivity contribution in [3.8, 4) is 0 Å². The molecule has 4 nitrogen and oxygen atoms in total. The third-order valence-electron chi connectivity index (χ3n) is 5.33. The van der Waals surface area contributed by atoms with E-state index in [1.54, 1.807) is 0 Å². The summed E-state index contributed by atoms with van der Waals surface area (Å²) in [6, 6.07) is 10.1. The number of amides is 1. The largest absolute Gasteiger partial charge is 0.388 e. The molecule has 1 saturated heterocycles. The summed E-state index contributed by atoms with van der Waals surface area (Å²) >= 11 is 0. The zero-order chi connectivity index (χ0) is 16.2. The molecular weight excluding hydrogens is 324 g/mol. The Labute approximate surface area is 150 Å². The van der Waals surface area contributed by atoms with Crippen molar-refractivity contribution in [1.82, 2.24) is 10.6 Å². The number of hydrogen-bond donors (Lipinski definition) is 3. The van der Waals surface area contributed by atoms with Crippen LogP contribution in [0.15, 0.2) is 30.3 Å². The zero-order valence-corrected chi connectivity index (χ0v) is 15.1. The number of fused-ring (bicyclic) bond motifs is 1. The first-order chi connectivity index (χ1) is 11.1. The molecule has 5 unspecified atom stereocenters. The van der Waals surface area contributed by atoms with Gasteiger partial charge in [0.15, 0.2) is 0 Å². The third kappa shape index (κ3) is 4.71. The predicted octanol–water partition coefficient (Wildman–Crippen LogP) is 2.96. The second-order valence-corrected chi connectivity index (χ2v) is 7.18. The minimum Gasteiger partial charge on any atom is -0.388 e. The molecule has 24 heavy (non-hydrogen) atoms. The van der Waals surface area contributed by atoms with Gasteiger partial charge in [0.25, 0.3) is 0 Å². The maximum Gasteiger partial charge on any atom is 0.237 e. The van der Waals surface area contributed by atoms with Gasteiger partial charge in [0.1, 0.15) is 0 Å². The summed E-state index contributed by atoms with van der Waals surface area (Å²) < 4.78 is 0. The Balaban J connectivity index is 0.00000208. The Morgan fingerprint density at radius 2 is 2.00 bits per heavy atom. The number of nitrogens with one attached hydrogen (secondary N) is 2. The highest BCUT2D eigenvalue weighted by molar-refractivity contribution is 5.85. The molecule has 1 aliphatic carbocycles. The van der Waals surface area contributed by atoms with Gasteiger partial charge in [0.2, 0.25) is 5.91 Å². The zero-order valence-electron chi connectivity index (χ0n) is 14.3. The summed E-state index contributed by atoms with van der Waals surface area (Å²) in [5.41, 5.74) is 0.901. The number of carbonyl (C=O) groups excluding carboxylic acids is 1. The summed E-state index contributed by atoms with van der Waals surface area (Å²) in [5.74, 6) is 0.761. The van der Waals surface area contributed by atoms with Gasteiger partial charge in [-0.25, -0.2) is 0 Å². The minimum absolute atomic E-state index is 0. The minimum atomic E-state index is -0.536. The first-order valence-corrected chi connectivity index (χ1v) is 8.93. The Hall–Kier alpha value is -1.10. The molecule has 1 amide bonds. The molecule has 0 spiro atoms. The summed E-state index contributed by atoms with van der Waals surface area (Å²) in [6.07, 6.45) is 6.00. The first-order valence-electron chi connectivity index (χ1n) is 8.93. The smallest absolute Gasteiger partial charge is 0.237 e. The van der Waals surface area contributed by atoms with Gasteiger partial charge >= 0.3 is 0 Å². The van der Waals surface area contributed by atoms with Gasteiger partial charge in [0, 0.05) is 12.1 Å². The Bertz CT molecular complexity index is 511. The number of aliphatic hydroxyl groups excluding tert-OH is 1. The lowest BCUT2D eigenvalue weighted by atomic mass is 9.85. The van der Waals surface area contributed by atoms with Crippen LogP contribution in [0.2, 0.25) is 0 Å². The molecule has 5 heteroatoms. The van der Waals surface area contributed by atoms with Crippen molar-refractivity contribution in [3.05, 3.63) is 35.9 Å². The number of aliphatic hydroxyl groups is 1. The van der Waals surface area contributed by atoms with Crippen LogP contribution in [-0.2, 0) is 4.79 Å². The highest BCUT2D eigenvalue weighted by atomic mass is 35.5. The molecule has 3 N–H and O–H groups in total. The van der Waals surface area contributed by atoms with Crippen molar-refractivity contribution >= 4 is 18.3 Å². The van der Waals surface area contributed by atoms with Crippen LogP contribution in [0, 0.1) is 5.92 Å². The van der Waals surface area contributed by atoms with Crippen LogP contribution in [0.5, 0.6) is 0 Å². The molecule has 134 valence electrons. The summed E-state index contributed by atoms with van der Waals surface area (Å²) in [4.78, 5) is 12.5. The first kappa shape index (κ1) is 19.2. The quantitative estimate of drug-likeness (QED) is 0.763. The fourth-order valence-electron chi connectivity index (χ4n) is 4.07. The molecule has 0 aromatic heterocycles. The number of benzene rings is 1. The van der Waals surface area contributed by atoms with E-state index in [4.69, 9.17) is 0 Å². The molecule has 5 atom stereocenters. The van der Waals surface area contributed by atoms with Crippen molar-refractivity contribution in [2.24, 2.45) is 5.92 Å². The summed E-state index contributed by atoms with van der Waals surface area (Å²) in [6.45, 7) is 1.96. The standard InChI is InChI=1S/C19H28N2O2.ClH/c1-13(11-18(22)14-7-3-2-4-8-14)20-19(23)17-12-15-9-5-6-10-16(15)21-17;/h2-4,7-8,13,15-18,21-22H,5-6,9-12H2,1H3,(H,20,23);1H. The fraction of sp³-hybridized carbons (Fsp3) is 0.632. The second-order valence-electron chi connectivity index (χ2n) is 7.18. The third-order valence-corrected chi connectivity index (χ3v) is 5.33. The van der Waals surface area contributed by atoms with Crippen LogP contribution in [-0.4, -0.2) is 29.1 Å². The lowest BCUT2D eigenvalue weighted by Gasteiger charge is -2.24. The van der Waals surface area contributed by atoms with Crippen LogP contribution in [0.25, 0.3) is 0 Å². The Morgan fingerprint density at radius 3 is 2.71 bits per heavy atom. The van der Waals surface area contributed by atoms with E-state index in [1.807, 2.05) is 37.3 Å². The van der Waals surface area contributed by atoms with Gasteiger partial charge in [-0.15, -0.1) is 12.4 Å². The van der Waals surface area contributed by atoms with Gasteiger partial charge in [0.05, 0.1) is 12.1 Å². The molecule has 1 aromatic rings. The van der Waals surface area contributed by atoms with E-state index < -0.39 is 6.10 Å². The molecule has 1 heterocycles. The van der Waals surface area contributed by atoms with Crippen molar-refractivity contribution in [1.29, 1.82) is 0 Å². The molecule has 2 aliphatic rings. The maximum absolute atomic E-state index is 12.5. The van der Waals surface area contributed by atoms with Gasteiger partial charge in [-0.05, 0) is 44.1 Å². The molecule has 1 aliphatic heterocycles. The van der Waals surface area contributed by atoms with Crippen molar-refractivity contribution in [2.45, 2.75) is 69.7 Å². The van der Waals surface area contributed by atoms with Gasteiger partial charge in [-0.1, -0.05) is 43.2 Å². The lowest BCUT2D eigenvalue weighted by Crippen LogP contribution is -2.46. The maximum atomic E-state index is 12.5. The number of rotatable bonds is 5. The average molecular weight is 353 g/mol. The van der Waals surface area contributed by atoms with Crippen LogP contribution < -0.4 is 10.6 Å². The fourth-order valence-corrected chi connectivity index (χ4v) is 4.07. The van der Waals surface area contributed by atoms with E-state index in [9.17, 15) is 9.90 Å². The van der Waals surface area contributed by atoms with Gasteiger partial charge in [-0.3, -0.25) is 4.79 Å². The Morgan fingerprint density at radius 1 is 1.29 bits per heavy atom. The molecule has 1 aromatic carbocycles. The van der Waals surface area contributed by atoms with E-state index in [2.05, 4.69) is 10.6 Å². The highest BCUT2D eigenvalue weighted by Gasteiger charge is 2.38. The van der Waals surface area contributed by atoms with Gasteiger partial charge < -0.3 is 15.7 Å². The average Bonchev–Trinajstić information content (AvgIpc) is 2.99. The van der Waals surface area contributed by atoms with Crippen molar-refractivity contribution in [3.63, 3.8) is 0 Å². The van der Waals surface area contributed by atoms with Crippen LogP contribution in [0.3, 0.4) is 0 Å². The van der Waals surface area contributed by atoms with Crippen molar-refractivity contribution < 1.29 is 9.90 Å². The monoisotopic (exact) mass is 352 g/mol. The predicted molar refractivity (Wildman–Crippen MR) is 98.2 cm³/mol. The number of halogens is 1. The summed E-state index contributed by atoms with van der Waals surface area (Å²) in [5, 5.41) is 16.8. The van der Waals surface area contributed by atoms with E-state index in [0.717, 1.165) is 12.0 Å². The Kier molecular flexibility index (Phi) is 7.08. The summed E-state index contributed by atoms with van der Waals surface area (Å²) in [7, 11) is 0. The number of carbonyl (C=O) groups is 1.